The summed E-state index contributed by atoms with van der Waals surface area (Å²) >= 11 is 0. The predicted octanol–water partition coefficient (Wildman–Crippen LogP) is 2.18. The Hall–Kier alpha value is -2.83. The lowest BCUT2D eigenvalue weighted by atomic mass is 10.2. The number of hydrogen-bond donors (Lipinski definition) is 2. The number of methoxy groups -OCH3 is 2. The SMILES string of the molecule is COc1ccc(N([C@@H](C)C(=O)Nc2cc(S(=O)(=O)NC(C)C)ccc2OC)S(C)(=O)=O)cc1. The van der Waals surface area contributed by atoms with Gasteiger partial charge in [-0.15, -0.1) is 0 Å². The minimum Gasteiger partial charge on any atom is -0.497 e. The van der Waals surface area contributed by atoms with Crippen molar-refractivity contribution in [1.29, 1.82) is 0 Å². The molecule has 0 aliphatic heterocycles. The molecule has 0 heterocycles. The van der Waals surface area contributed by atoms with Gasteiger partial charge in [-0.25, -0.2) is 21.6 Å². The largest absolute Gasteiger partial charge is 0.497 e. The van der Waals surface area contributed by atoms with E-state index >= 15 is 0 Å². The van der Waals surface area contributed by atoms with E-state index in [1.54, 1.807) is 26.0 Å². The third-order valence-electron chi connectivity index (χ3n) is 4.55. The molecule has 2 N–H and O–H groups in total. The smallest absolute Gasteiger partial charge is 0.248 e. The maximum atomic E-state index is 13.0. The van der Waals surface area contributed by atoms with Crippen LogP contribution in [0.25, 0.3) is 0 Å². The Morgan fingerprint density at radius 3 is 2.03 bits per heavy atom. The van der Waals surface area contributed by atoms with E-state index in [9.17, 15) is 21.6 Å². The van der Waals surface area contributed by atoms with Gasteiger partial charge >= 0.3 is 0 Å². The number of carbonyl (C=O) groups excluding carboxylic acids is 1. The Labute approximate surface area is 195 Å². The summed E-state index contributed by atoms with van der Waals surface area (Å²) in [4.78, 5) is 13.0. The summed E-state index contributed by atoms with van der Waals surface area (Å²) < 4.78 is 63.8. The van der Waals surface area contributed by atoms with Gasteiger partial charge < -0.3 is 14.8 Å². The second kappa shape index (κ2) is 10.4. The van der Waals surface area contributed by atoms with Crippen LogP contribution in [0.1, 0.15) is 20.8 Å². The lowest BCUT2D eigenvalue weighted by molar-refractivity contribution is -0.116. The first-order chi connectivity index (χ1) is 15.3. The van der Waals surface area contributed by atoms with Crippen molar-refractivity contribution in [3.8, 4) is 11.5 Å². The van der Waals surface area contributed by atoms with Crippen molar-refractivity contribution in [2.45, 2.75) is 37.8 Å². The van der Waals surface area contributed by atoms with Gasteiger partial charge in [0.1, 0.15) is 17.5 Å². The molecule has 0 radical (unpaired) electrons. The van der Waals surface area contributed by atoms with Crippen LogP contribution in [-0.4, -0.2) is 55.3 Å². The normalized spacial score (nSPS) is 12.8. The topological polar surface area (TPSA) is 131 Å². The number of hydrogen-bond acceptors (Lipinski definition) is 7. The highest BCUT2D eigenvalue weighted by Gasteiger charge is 2.30. The summed E-state index contributed by atoms with van der Waals surface area (Å²) in [6, 6.07) is 8.73. The number of rotatable bonds is 10. The van der Waals surface area contributed by atoms with Crippen LogP contribution < -0.4 is 23.8 Å². The van der Waals surface area contributed by atoms with E-state index in [0.29, 0.717) is 5.75 Å². The molecular formula is C21H29N3O7S2. The van der Waals surface area contributed by atoms with Crippen LogP contribution in [0.3, 0.4) is 0 Å². The molecule has 12 heteroatoms. The first kappa shape index (κ1) is 26.4. The predicted molar refractivity (Wildman–Crippen MR) is 127 cm³/mol. The molecular weight excluding hydrogens is 470 g/mol. The summed E-state index contributed by atoms with van der Waals surface area (Å²) in [5, 5.41) is 2.58. The molecule has 0 saturated heterocycles. The summed E-state index contributed by atoms with van der Waals surface area (Å²) in [7, 11) is -4.81. The van der Waals surface area contributed by atoms with Crippen LogP contribution in [0.5, 0.6) is 11.5 Å². The van der Waals surface area contributed by atoms with Crippen molar-refractivity contribution >= 4 is 37.3 Å². The Morgan fingerprint density at radius 1 is 0.939 bits per heavy atom. The molecule has 1 amide bonds. The molecule has 1 atom stereocenters. The van der Waals surface area contributed by atoms with E-state index in [1.165, 1.54) is 51.5 Å². The molecule has 2 aromatic carbocycles. The zero-order valence-corrected chi connectivity index (χ0v) is 21.0. The van der Waals surface area contributed by atoms with Gasteiger partial charge in [0.05, 0.1) is 36.7 Å². The molecule has 2 aromatic rings. The van der Waals surface area contributed by atoms with Crippen molar-refractivity contribution in [3.63, 3.8) is 0 Å². The zero-order chi connectivity index (χ0) is 25.0. The molecule has 0 bridgehead atoms. The zero-order valence-electron chi connectivity index (χ0n) is 19.3. The van der Waals surface area contributed by atoms with E-state index in [0.717, 1.165) is 10.6 Å². The fourth-order valence-corrected chi connectivity index (χ4v) is 5.56. The minimum atomic E-state index is -3.84. The fourth-order valence-electron chi connectivity index (χ4n) is 3.11. The van der Waals surface area contributed by atoms with Crippen LogP contribution in [0.4, 0.5) is 11.4 Å². The van der Waals surface area contributed by atoms with E-state index in [-0.39, 0.29) is 28.1 Å². The number of amides is 1. The van der Waals surface area contributed by atoms with Gasteiger partial charge in [0, 0.05) is 6.04 Å². The maximum Gasteiger partial charge on any atom is 0.248 e. The molecule has 0 aromatic heterocycles. The average molecular weight is 500 g/mol. The number of carbonyl (C=O) groups is 1. The molecule has 10 nitrogen and oxygen atoms in total. The third kappa shape index (κ3) is 6.59. The highest BCUT2D eigenvalue weighted by Crippen LogP contribution is 2.29. The molecule has 0 fully saturated rings. The minimum absolute atomic E-state index is 0.0740. The van der Waals surface area contributed by atoms with E-state index < -0.39 is 32.0 Å². The molecule has 33 heavy (non-hydrogen) atoms. The Bertz CT molecular complexity index is 1190. The standard InChI is InChI=1S/C21H29N3O7S2/c1-14(2)23-33(28,29)18-11-12-20(31-5)19(13-18)22-21(25)15(3)24(32(6,26)27)16-7-9-17(30-4)10-8-16/h7-15,23H,1-6H3,(H,22,25)/t15-/m0/s1. The van der Waals surface area contributed by atoms with Gasteiger partial charge in [0.25, 0.3) is 0 Å². The van der Waals surface area contributed by atoms with Crippen molar-refractivity contribution < 1.29 is 31.1 Å². The van der Waals surface area contributed by atoms with Crippen LogP contribution in [0.2, 0.25) is 0 Å². The quantitative estimate of drug-likeness (QED) is 0.512. The number of sulfonamides is 2. The summed E-state index contributed by atoms with van der Waals surface area (Å²) in [5.74, 6) is 0.0670. The molecule has 2 rings (SSSR count). The first-order valence-corrected chi connectivity index (χ1v) is 13.3. The Balaban J connectivity index is 2.40. The van der Waals surface area contributed by atoms with Crippen LogP contribution >= 0.6 is 0 Å². The third-order valence-corrected chi connectivity index (χ3v) is 7.44. The van der Waals surface area contributed by atoms with Crippen LogP contribution in [-0.2, 0) is 24.8 Å². The number of anilines is 2. The lowest BCUT2D eigenvalue weighted by Crippen LogP contribution is -2.45. The molecule has 0 aliphatic rings. The summed E-state index contributed by atoms with van der Waals surface area (Å²) in [6.07, 6.45) is 0.992. The molecule has 0 unspecified atom stereocenters. The number of nitrogens with zero attached hydrogens (tertiary/aromatic N) is 1. The van der Waals surface area contributed by atoms with Gasteiger partial charge in [-0.3, -0.25) is 9.10 Å². The maximum absolute atomic E-state index is 13.0. The number of nitrogens with one attached hydrogen (secondary N) is 2. The highest BCUT2D eigenvalue weighted by atomic mass is 32.2. The van der Waals surface area contributed by atoms with Crippen molar-refractivity contribution in [1.82, 2.24) is 4.72 Å². The monoisotopic (exact) mass is 499 g/mol. The molecule has 0 saturated carbocycles. The fraction of sp³-hybridized carbons (Fsp3) is 0.381. The van der Waals surface area contributed by atoms with Gasteiger partial charge in [0.2, 0.25) is 26.0 Å². The van der Waals surface area contributed by atoms with E-state index in [4.69, 9.17) is 9.47 Å². The molecule has 182 valence electrons. The number of ether oxygens (including phenoxy) is 2. The molecule has 0 aliphatic carbocycles. The summed E-state index contributed by atoms with van der Waals surface area (Å²) in [6.45, 7) is 4.79. The number of benzene rings is 2. The van der Waals surface area contributed by atoms with Crippen LogP contribution in [0, 0.1) is 0 Å². The van der Waals surface area contributed by atoms with Gasteiger partial charge in [0.15, 0.2) is 0 Å². The van der Waals surface area contributed by atoms with Crippen molar-refractivity contribution in [3.05, 3.63) is 42.5 Å². The average Bonchev–Trinajstić information content (AvgIpc) is 2.72. The second-order valence-corrected chi connectivity index (χ2v) is 11.1. The Kier molecular flexibility index (Phi) is 8.33. The highest BCUT2D eigenvalue weighted by molar-refractivity contribution is 7.92. The van der Waals surface area contributed by atoms with Crippen molar-refractivity contribution in [2.24, 2.45) is 0 Å². The lowest BCUT2D eigenvalue weighted by Gasteiger charge is -2.28. The first-order valence-electron chi connectivity index (χ1n) is 9.95. The van der Waals surface area contributed by atoms with Crippen LogP contribution in [0.15, 0.2) is 47.4 Å². The van der Waals surface area contributed by atoms with Gasteiger partial charge in [-0.1, -0.05) is 0 Å². The molecule has 0 spiro atoms. The van der Waals surface area contributed by atoms with Gasteiger partial charge in [-0.2, -0.15) is 0 Å². The summed E-state index contributed by atoms with van der Waals surface area (Å²) in [5.41, 5.74) is 0.356. The van der Waals surface area contributed by atoms with E-state index in [2.05, 4.69) is 10.0 Å². The second-order valence-electron chi connectivity index (χ2n) is 7.56. The Morgan fingerprint density at radius 2 is 1.55 bits per heavy atom. The van der Waals surface area contributed by atoms with Crippen molar-refractivity contribution in [2.75, 3.05) is 30.1 Å². The van der Waals surface area contributed by atoms with E-state index in [1.807, 2.05) is 0 Å². The van der Waals surface area contributed by atoms with Gasteiger partial charge in [-0.05, 0) is 63.2 Å².